The van der Waals surface area contributed by atoms with Crippen LogP contribution in [0.3, 0.4) is 0 Å². The molecular weight excluding hydrogens is 296 g/mol. The second-order valence-electron chi connectivity index (χ2n) is 5.29. The zero-order chi connectivity index (χ0) is 16.0. The molecule has 0 amide bonds. The van der Waals surface area contributed by atoms with Gasteiger partial charge in [-0.2, -0.15) is 0 Å². The first-order valence-electron chi connectivity index (χ1n) is 7.49. The molecule has 0 saturated carbocycles. The zero-order valence-corrected chi connectivity index (χ0v) is 13.9. The van der Waals surface area contributed by atoms with E-state index in [9.17, 15) is 8.42 Å². The molecule has 0 radical (unpaired) electrons. The Morgan fingerprint density at radius 1 is 1.05 bits per heavy atom. The fourth-order valence-corrected chi connectivity index (χ4v) is 3.41. The number of hydrogen-bond donors (Lipinski definition) is 0. The normalized spacial score (nSPS) is 11.8. The van der Waals surface area contributed by atoms with E-state index in [2.05, 4.69) is 11.9 Å². The lowest BCUT2D eigenvalue weighted by Crippen LogP contribution is -2.29. The molecule has 2 rings (SSSR count). The van der Waals surface area contributed by atoms with Crippen LogP contribution in [0.5, 0.6) is 0 Å². The lowest BCUT2D eigenvalue weighted by atomic mass is 10.1. The summed E-state index contributed by atoms with van der Waals surface area (Å²) in [4.78, 5) is 4.56. The summed E-state index contributed by atoms with van der Waals surface area (Å²) in [5.41, 5.74) is 2.06. The molecule has 0 N–H and O–H groups in total. The molecule has 0 unspecified atom stereocenters. The smallest absolute Gasteiger partial charge is 0.242 e. The Morgan fingerprint density at radius 2 is 1.77 bits per heavy atom. The lowest BCUT2D eigenvalue weighted by molar-refractivity contribution is 0.471. The molecule has 0 saturated heterocycles. The average Bonchev–Trinajstić information content (AvgIpc) is 2.54. The standard InChI is InChI=1S/C17H22N2O2S/c1-3-6-15-8-10-17(11-9-15)22(20,21)19(2)14-12-16-7-4-5-13-18-16/h4-5,7-11,13H,3,6,12,14H2,1-2H3. The molecule has 0 fully saturated rings. The fraction of sp³-hybridized carbons (Fsp3) is 0.353. The maximum Gasteiger partial charge on any atom is 0.242 e. The highest BCUT2D eigenvalue weighted by molar-refractivity contribution is 7.89. The average molecular weight is 318 g/mol. The minimum atomic E-state index is -3.44. The minimum Gasteiger partial charge on any atom is -0.261 e. The number of likely N-dealkylation sites (N-methyl/N-ethyl adjacent to an activating group) is 1. The third kappa shape index (κ3) is 4.15. The maximum absolute atomic E-state index is 12.5. The highest BCUT2D eigenvalue weighted by Crippen LogP contribution is 2.16. The predicted molar refractivity (Wildman–Crippen MR) is 88.2 cm³/mol. The quantitative estimate of drug-likeness (QED) is 0.789. The Morgan fingerprint density at radius 3 is 2.36 bits per heavy atom. The molecule has 0 aliphatic rings. The fourth-order valence-electron chi connectivity index (χ4n) is 2.23. The van der Waals surface area contributed by atoms with Crippen LogP contribution >= 0.6 is 0 Å². The Bertz CT molecular complexity index is 682. The molecule has 0 bridgehead atoms. The van der Waals surface area contributed by atoms with Gasteiger partial charge in [-0.15, -0.1) is 0 Å². The van der Waals surface area contributed by atoms with Gasteiger partial charge in [0.15, 0.2) is 0 Å². The van der Waals surface area contributed by atoms with Gasteiger partial charge in [-0.3, -0.25) is 4.98 Å². The molecule has 22 heavy (non-hydrogen) atoms. The van der Waals surface area contributed by atoms with Gasteiger partial charge in [0.2, 0.25) is 10.0 Å². The van der Waals surface area contributed by atoms with E-state index in [-0.39, 0.29) is 0 Å². The Hall–Kier alpha value is -1.72. The van der Waals surface area contributed by atoms with Gasteiger partial charge < -0.3 is 0 Å². The van der Waals surface area contributed by atoms with E-state index >= 15 is 0 Å². The van der Waals surface area contributed by atoms with Crippen LogP contribution < -0.4 is 0 Å². The van der Waals surface area contributed by atoms with E-state index in [1.54, 1.807) is 25.4 Å². The molecule has 1 aromatic carbocycles. The lowest BCUT2D eigenvalue weighted by Gasteiger charge is -2.17. The summed E-state index contributed by atoms with van der Waals surface area (Å²) in [5, 5.41) is 0. The van der Waals surface area contributed by atoms with Crippen LogP contribution in [-0.4, -0.2) is 31.3 Å². The Balaban J connectivity index is 2.05. The Labute approximate surface area is 132 Å². The number of rotatable bonds is 7. The third-order valence-corrected chi connectivity index (χ3v) is 5.45. The minimum absolute atomic E-state index is 0.343. The van der Waals surface area contributed by atoms with Crippen molar-refractivity contribution in [2.75, 3.05) is 13.6 Å². The molecule has 0 spiro atoms. The molecule has 1 aromatic heterocycles. The summed E-state index contributed by atoms with van der Waals surface area (Å²) in [6.45, 7) is 2.52. The van der Waals surface area contributed by atoms with Gasteiger partial charge in [-0.05, 0) is 36.2 Å². The van der Waals surface area contributed by atoms with Crippen LogP contribution in [0.15, 0.2) is 53.6 Å². The van der Waals surface area contributed by atoms with Crippen molar-refractivity contribution < 1.29 is 8.42 Å². The van der Waals surface area contributed by atoms with E-state index < -0.39 is 10.0 Å². The van der Waals surface area contributed by atoms with Gasteiger partial charge in [-0.25, -0.2) is 12.7 Å². The van der Waals surface area contributed by atoms with Crippen molar-refractivity contribution in [1.29, 1.82) is 0 Å². The maximum atomic E-state index is 12.5. The number of benzene rings is 1. The van der Waals surface area contributed by atoms with Crippen molar-refractivity contribution in [3.8, 4) is 0 Å². The van der Waals surface area contributed by atoms with Crippen molar-refractivity contribution in [3.63, 3.8) is 0 Å². The van der Waals surface area contributed by atoms with Gasteiger partial charge in [0.1, 0.15) is 0 Å². The topological polar surface area (TPSA) is 50.3 Å². The van der Waals surface area contributed by atoms with Gasteiger partial charge in [0.05, 0.1) is 4.90 Å². The highest BCUT2D eigenvalue weighted by atomic mass is 32.2. The predicted octanol–water partition coefficient (Wildman–Crippen LogP) is 2.90. The molecule has 0 aliphatic heterocycles. The zero-order valence-electron chi connectivity index (χ0n) is 13.1. The monoisotopic (exact) mass is 318 g/mol. The first-order valence-corrected chi connectivity index (χ1v) is 8.93. The number of nitrogens with zero attached hydrogens (tertiary/aromatic N) is 2. The van der Waals surface area contributed by atoms with Gasteiger partial charge in [0.25, 0.3) is 0 Å². The van der Waals surface area contributed by atoms with E-state index in [1.165, 1.54) is 4.31 Å². The molecule has 2 aromatic rings. The van der Waals surface area contributed by atoms with Crippen molar-refractivity contribution in [2.24, 2.45) is 0 Å². The van der Waals surface area contributed by atoms with Gasteiger partial charge in [0, 0.05) is 31.9 Å². The number of aromatic nitrogens is 1. The van der Waals surface area contributed by atoms with Crippen molar-refractivity contribution in [1.82, 2.24) is 9.29 Å². The molecule has 1 heterocycles. The van der Waals surface area contributed by atoms with Crippen molar-refractivity contribution in [2.45, 2.75) is 31.1 Å². The van der Waals surface area contributed by atoms with Crippen molar-refractivity contribution in [3.05, 3.63) is 59.9 Å². The first-order chi connectivity index (χ1) is 10.5. The van der Waals surface area contributed by atoms with Crippen molar-refractivity contribution >= 4 is 10.0 Å². The number of pyridine rings is 1. The highest BCUT2D eigenvalue weighted by Gasteiger charge is 2.20. The van der Waals surface area contributed by atoms with E-state index in [1.807, 2.05) is 30.3 Å². The largest absolute Gasteiger partial charge is 0.261 e. The van der Waals surface area contributed by atoms with Crippen LogP contribution in [-0.2, 0) is 22.9 Å². The van der Waals surface area contributed by atoms with Crippen LogP contribution in [0, 0.1) is 0 Å². The molecule has 0 aliphatic carbocycles. The van der Waals surface area contributed by atoms with Crippen LogP contribution in [0.4, 0.5) is 0 Å². The van der Waals surface area contributed by atoms with E-state index in [0.717, 1.165) is 24.1 Å². The van der Waals surface area contributed by atoms with Gasteiger partial charge in [-0.1, -0.05) is 31.5 Å². The third-order valence-electron chi connectivity index (χ3n) is 3.58. The molecule has 5 heteroatoms. The van der Waals surface area contributed by atoms with Crippen LogP contribution in [0.1, 0.15) is 24.6 Å². The molecule has 118 valence electrons. The summed E-state index contributed by atoms with van der Waals surface area (Å²) >= 11 is 0. The van der Waals surface area contributed by atoms with Gasteiger partial charge >= 0.3 is 0 Å². The van der Waals surface area contributed by atoms with Crippen LogP contribution in [0.25, 0.3) is 0 Å². The number of hydrogen-bond acceptors (Lipinski definition) is 3. The number of aryl methyl sites for hydroxylation is 1. The summed E-state index contributed by atoms with van der Waals surface area (Å²) in [6, 6.07) is 12.8. The second kappa shape index (κ2) is 7.51. The molecular formula is C17H22N2O2S. The SMILES string of the molecule is CCCc1ccc(S(=O)(=O)N(C)CCc2ccccn2)cc1. The van der Waals surface area contributed by atoms with Crippen LogP contribution in [0.2, 0.25) is 0 Å². The Kier molecular flexibility index (Phi) is 5.69. The number of sulfonamides is 1. The first kappa shape index (κ1) is 16.6. The summed E-state index contributed by atoms with van der Waals surface area (Å²) in [6.07, 6.45) is 4.34. The second-order valence-corrected chi connectivity index (χ2v) is 7.34. The summed E-state index contributed by atoms with van der Waals surface area (Å²) in [5.74, 6) is 0. The van der Waals surface area contributed by atoms with E-state index in [0.29, 0.717) is 17.9 Å². The summed E-state index contributed by atoms with van der Waals surface area (Å²) < 4.78 is 26.4. The summed E-state index contributed by atoms with van der Waals surface area (Å²) in [7, 11) is -1.83. The molecule has 4 nitrogen and oxygen atoms in total. The van der Waals surface area contributed by atoms with E-state index in [4.69, 9.17) is 0 Å². The molecule has 0 atom stereocenters.